The summed E-state index contributed by atoms with van der Waals surface area (Å²) in [6, 6.07) is 4.23. The zero-order valence-corrected chi connectivity index (χ0v) is 13.2. The van der Waals surface area contributed by atoms with Crippen molar-refractivity contribution in [3.63, 3.8) is 0 Å². The Morgan fingerprint density at radius 1 is 1.32 bits per heavy atom. The summed E-state index contributed by atoms with van der Waals surface area (Å²) in [5, 5.41) is 15.8. The van der Waals surface area contributed by atoms with Crippen molar-refractivity contribution in [1.82, 2.24) is 9.78 Å². The molecule has 0 aliphatic carbocycles. The zero-order chi connectivity index (χ0) is 16.5. The standard InChI is InChI=1S/C15H16ClN3O3/c1-15(2,3)19-8-9(7-17-19)13(20)18-10-4-5-11(14(21)22)12(16)6-10/h4-8H,1-3H3,(H,18,20)(H,21,22). The first-order chi connectivity index (χ1) is 10.2. The molecule has 22 heavy (non-hydrogen) atoms. The Kier molecular flexibility index (Phi) is 4.23. The molecule has 1 aromatic carbocycles. The van der Waals surface area contributed by atoms with E-state index in [9.17, 15) is 9.59 Å². The molecule has 0 atom stereocenters. The lowest BCUT2D eigenvalue weighted by molar-refractivity contribution is 0.0697. The van der Waals surface area contributed by atoms with Gasteiger partial charge in [-0.1, -0.05) is 11.6 Å². The molecule has 0 saturated heterocycles. The van der Waals surface area contributed by atoms with Crippen LogP contribution in [0.15, 0.2) is 30.6 Å². The number of amides is 1. The molecular formula is C15H16ClN3O3. The topological polar surface area (TPSA) is 84.2 Å². The first-order valence-corrected chi connectivity index (χ1v) is 6.95. The first-order valence-electron chi connectivity index (χ1n) is 6.58. The van der Waals surface area contributed by atoms with Crippen molar-refractivity contribution in [2.24, 2.45) is 0 Å². The molecule has 0 radical (unpaired) electrons. The van der Waals surface area contributed by atoms with Gasteiger partial charge in [-0.05, 0) is 39.0 Å². The molecule has 2 aromatic rings. The molecular weight excluding hydrogens is 306 g/mol. The van der Waals surface area contributed by atoms with E-state index in [1.807, 2.05) is 20.8 Å². The molecule has 0 spiro atoms. The third-order valence-corrected chi connectivity index (χ3v) is 3.30. The van der Waals surface area contributed by atoms with Gasteiger partial charge in [0.25, 0.3) is 5.91 Å². The van der Waals surface area contributed by atoms with Gasteiger partial charge in [-0.25, -0.2) is 4.79 Å². The number of hydrogen-bond donors (Lipinski definition) is 2. The predicted molar refractivity (Wildman–Crippen MR) is 83.6 cm³/mol. The molecule has 1 amide bonds. The molecule has 0 saturated carbocycles. The maximum Gasteiger partial charge on any atom is 0.337 e. The van der Waals surface area contributed by atoms with Crippen molar-refractivity contribution in [2.45, 2.75) is 26.3 Å². The minimum Gasteiger partial charge on any atom is -0.478 e. The third kappa shape index (κ3) is 3.46. The normalized spacial score (nSPS) is 11.3. The number of carbonyl (C=O) groups excluding carboxylic acids is 1. The van der Waals surface area contributed by atoms with Crippen LogP contribution in [0.4, 0.5) is 5.69 Å². The molecule has 0 fully saturated rings. The SMILES string of the molecule is CC(C)(C)n1cc(C(=O)Nc2ccc(C(=O)O)c(Cl)c2)cn1. The number of halogens is 1. The molecule has 2 rings (SSSR count). The van der Waals surface area contributed by atoms with Gasteiger partial charge < -0.3 is 10.4 Å². The van der Waals surface area contributed by atoms with E-state index in [1.165, 1.54) is 24.4 Å². The van der Waals surface area contributed by atoms with Crippen LogP contribution >= 0.6 is 11.6 Å². The maximum absolute atomic E-state index is 12.2. The lowest BCUT2D eigenvalue weighted by Crippen LogP contribution is -2.22. The van der Waals surface area contributed by atoms with E-state index in [0.29, 0.717) is 11.3 Å². The van der Waals surface area contributed by atoms with Crippen LogP contribution in [-0.4, -0.2) is 26.8 Å². The van der Waals surface area contributed by atoms with Gasteiger partial charge in [0, 0.05) is 11.9 Å². The molecule has 0 aliphatic heterocycles. The number of carboxylic acid groups (broad SMARTS) is 1. The second kappa shape index (κ2) is 5.81. The molecule has 0 bridgehead atoms. The highest BCUT2D eigenvalue weighted by molar-refractivity contribution is 6.33. The Bertz CT molecular complexity index is 732. The van der Waals surface area contributed by atoms with Crippen LogP contribution in [-0.2, 0) is 5.54 Å². The maximum atomic E-state index is 12.2. The van der Waals surface area contributed by atoms with Crippen LogP contribution in [0.5, 0.6) is 0 Å². The van der Waals surface area contributed by atoms with Crippen molar-refractivity contribution < 1.29 is 14.7 Å². The van der Waals surface area contributed by atoms with E-state index in [4.69, 9.17) is 16.7 Å². The van der Waals surface area contributed by atoms with Gasteiger partial charge in [0.15, 0.2) is 0 Å². The number of nitrogens with one attached hydrogen (secondary N) is 1. The number of hydrogen-bond acceptors (Lipinski definition) is 3. The summed E-state index contributed by atoms with van der Waals surface area (Å²) in [7, 11) is 0. The fourth-order valence-corrected chi connectivity index (χ4v) is 2.04. The second-order valence-corrected chi connectivity index (χ2v) is 6.21. The Labute approximate surface area is 132 Å². The van der Waals surface area contributed by atoms with Gasteiger partial charge in [0.1, 0.15) is 0 Å². The predicted octanol–water partition coefficient (Wildman–Crippen LogP) is 3.24. The Balaban J connectivity index is 2.17. The van der Waals surface area contributed by atoms with E-state index in [-0.39, 0.29) is 22.0 Å². The lowest BCUT2D eigenvalue weighted by atomic mass is 10.1. The van der Waals surface area contributed by atoms with Crippen molar-refractivity contribution in [3.8, 4) is 0 Å². The largest absolute Gasteiger partial charge is 0.478 e. The van der Waals surface area contributed by atoms with Crippen LogP contribution in [0.1, 0.15) is 41.5 Å². The molecule has 7 heteroatoms. The van der Waals surface area contributed by atoms with E-state index in [1.54, 1.807) is 10.9 Å². The summed E-state index contributed by atoms with van der Waals surface area (Å²) in [5.41, 5.74) is 0.599. The van der Waals surface area contributed by atoms with E-state index < -0.39 is 5.97 Å². The van der Waals surface area contributed by atoms with E-state index in [2.05, 4.69) is 10.4 Å². The van der Waals surface area contributed by atoms with Gasteiger partial charge in [-0.2, -0.15) is 5.10 Å². The first kappa shape index (κ1) is 16.0. The number of rotatable bonds is 3. The number of aromatic carboxylic acids is 1. The monoisotopic (exact) mass is 321 g/mol. The minimum atomic E-state index is -1.12. The average Bonchev–Trinajstić information content (AvgIpc) is 2.87. The van der Waals surface area contributed by atoms with Gasteiger partial charge in [-0.3, -0.25) is 9.48 Å². The summed E-state index contributed by atoms with van der Waals surface area (Å²) in [5.74, 6) is -1.45. The average molecular weight is 322 g/mol. The van der Waals surface area contributed by atoms with Gasteiger partial charge in [-0.15, -0.1) is 0 Å². The molecule has 6 nitrogen and oxygen atoms in total. The number of anilines is 1. The number of carbonyl (C=O) groups is 2. The fourth-order valence-electron chi connectivity index (χ4n) is 1.78. The van der Waals surface area contributed by atoms with Gasteiger partial charge in [0.2, 0.25) is 0 Å². The van der Waals surface area contributed by atoms with E-state index >= 15 is 0 Å². The Morgan fingerprint density at radius 3 is 2.50 bits per heavy atom. The van der Waals surface area contributed by atoms with Crippen molar-refractivity contribution in [3.05, 3.63) is 46.7 Å². The quantitative estimate of drug-likeness (QED) is 0.909. The molecule has 2 N–H and O–H groups in total. The molecule has 0 unspecified atom stereocenters. The van der Waals surface area contributed by atoms with Crippen LogP contribution in [0, 0.1) is 0 Å². The number of aromatic nitrogens is 2. The summed E-state index contributed by atoms with van der Waals surface area (Å²) < 4.78 is 1.70. The van der Waals surface area contributed by atoms with Crippen molar-refractivity contribution in [2.75, 3.05) is 5.32 Å². The smallest absolute Gasteiger partial charge is 0.337 e. The Morgan fingerprint density at radius 2 is 2.00 bits per heavy atom. The van der Waals surface area contributed by atoms with Crippen LogP contribution in [0.3, 0.4) is 0 Å². The molecule has 0 aliphatic rings. The molecule has 116 valence electrons. The number of nitrogens with zero attached hydrogens (tertiary/aromatic N) is 2. The van der Waals surface area contributed by atoms with Crippen LogP contribution < -0.4 is 5.32 Å². The molecule has 1 aromatic heterocycles. The summed E-state index contributed by atoms with van der Waals surface area (Å²) >= 11 is 5.87. The third-order valence-electron chi connectivity index (χ3n) is 2.99. The van der Waals surface area contributed by atoms with Crippen molar-refractivity contribution >= 4 is 29.2 Å². The van der Waals surface area contributed by atoms with Gasteiger partial charge >= 0.3 is 5.97 Å². The lowest BCUT2D eigenvalue weighted by Gasteiger charge is -2.18. The zero-order valence-electron chi connectivity index (χ0n) is 12.4. The number of carboxylic acids is 1. The minimum absolute atomic E-state index is 0.0137. The van der Waals surface area contributed by atoms with Gasteiger partial charge in [0.05, 0.1) is 27.9 Å². The Hall–Kier alpha value is -2.34. The second-order valence-electron chi connectivity index (χ2n) is 5.80. The van der Waals surface area contributed by atoms with Crippen molar-refractivity contribution in [1.29, 1.82) is 0 Å². The highest BCUT2D eigenvalue weighted by Gasteiger charge is 2.17. The van der Waals surface area contributed by atoms with Crippen LogP contribution in [0.2, 0.25) is 5.02 Å². The highest BCUT2D eigenvalue weighted by Crippen LogP contribution is 2.21. The van der Waals surface area contributed by atoms with E-state index in [0.717, 1.165) is 0 Å². The number of benzene rings is 1. The summed E-state index contributed by atoms with van der Waals surface area (Å²) in [4.78, 5) is 23.1. The summed E-state index contributed by atoms with van der Waals surface area (Å²) in [6.07, 6.45) is 3.14. The highest BCUT2D eigenvalue weighted by atomic mass is 35.5. The summed E-state index contributed by atoms with van der Waals surface area (Å²) in [6.45, 7) is 5.93. The molecule has 1 heterocycles. The van der Waals surface area contributed by atoms with Crippen LogP contribution in [0.25, 0.3) is 0 Å². The fraction of sp³-hybridized carbons (Fsp3) is 0.267.